The van der Waals surface area contributed by atoms with E-state index in [1.54, 1.807) is 9.58 Å². The van der Waals surface area contributed by atoms with Crippen LogP contribution in [0.4, 0.5) is 4.79 Å². The second-order valence-electron chi connectivity index (χ2n) is 5.01. The van der Waals surface area contributed by atoms with E-state index in [4.69, 9.17) is 4.74 Å². The van der Waals surface area contributed by atoms with Gasteiger partial charge in [-0.25, -0.2) is 14.5 Å². The summed E-state index contributed by atoms with van der Waals surface area (Å²) in [5.74, 6) is 0. The molecule has 0 N–H and O–H groups in total. The number of carbonyl (C=O) groups excluding carboxylic acids is 1. The van der Waals surface area contributed by atoms with Gasteiger partial charge in [-0.3, -0.25) is 0 Å². The third kappa shape index (κ3) is 2.77. The summed E-state index contributed by atoms with van der Waals surface area (Å²) in [5, 5.41) is 4.09. The largest absolute Gasteiger partial charge is 0.444 e. The lowest BCUT2D eigenvalue weighted by molar-refractivity contribution is -0.000746. The highest BCUT2D eigenvalue weighted by Crippen LogP contribution is 2.25. The summed E-state index contributed by atoms with van der Waals surface area (Å²) in [4.78, 5) is 17.3. The third-order valence-corrected chi connectivity index (χ3v) is 2.96. The van der Waals surface area contributed by atoms with Gasteiger partial charge in [-0.2, -0.15) is 5.10 Å². The maximum atomic E-state index is 11.7. The smallest absolute Gasteiger partial charge is 0.410 e. The first-order valence-electron chi connectivity index (χ1n) is 5.40. The molecule has 1 amide bonds. The summed E-state index contributed by atoms with van der Waals surface area (Å²) in [6.07, 6.45) is 1.21. The molecule has 6 nitrogen and oxygen atoms in total. The number of aromatic nitrogens is 3. The molecule has 0 aromatic carbocycles. The van der Waals surface area contributed by atoms with E-state index in [1.165, 1.54) is 6.33 Å². The van der Waals surface area contributed by atoms with Crippen LogP contribution in [0.15, 0.2) is 11.1 Å². The lowest BCUT2D eigenvalue weighted by Gasteiger charge is -2.39. The molecule has 1 aliphatic heterocycles. The lowest BCUT2D eigenvalue weighted by Crippen LogP contribution is -2.52. The minimum atomic E-state index is -0.448. The van der Waals surface area contributed by atoms with Gasteiger partial charge in [0.1, 0.15) is 11.9 Å². The Hall–Kier alpha value is -1.11. The molecule has 0 aliphatic carbocycles. The molecule has 1 aliphatic rings. The first kappa shape index (κ1) is 12.3. The standard InChI is InChI=1S/C10H15BrN4O2/c1-10(2,3)17-9(16)14-4-7(5-14)15-8(11)12-6-13-15/h6-7H,4-5H2,1-3H3. The van der Waals surface area contributed by atoms with Crippen LogP contribution >= 0.6 is 15.9 Å². The van der Waals surface area contributed by atoms with E-state index >= 15 is 0 Å². The van der Waals surface area contributed by atoms with E-state index in [1.807, 2.05) is 20.8 Å². The van der Waals surface area contributed by atoms with Crippen molar-refractivity contribution in [1.29, 1.82) is 0 Å². The molecule has 1 aromatic rings. The second kappa shape index (κ2) is 4.29. The highest BCUT2D eigenvalue weighted by atomic mass is 79.9. The predicted octanol–water partition coefficient (Wildman–Crippen LogP) is 1.83. The molecular weight excluding hydrogens is 288 g/mol. The van der Waals surface area contributed by atoms with Gasteiger partial charge in [-0.1, -0.05) is 0 Å². The van der Waals surface area contributed by atoms with Crippen molar-refractivity contribution < 1.29 is 9.53 Å². The van der Waals surface area contributed by atoms with Crippen molar-refractivity contribution in [1.82, 2.24) is 19.7 Å². The van der Waals surface area contributed by atoms with Gasteiger partial charge in [0.15, 0.2) is 4.73 Å². The molecule has 2 rings (SSSR count). The quantitative estimate of drug-likeness (QED) is 0.794. The van der Waals surface area contributed by atoms with Crippen LogP contribution in [-0.4, -0.2) is 44.4 Å². The number of hydrogen-bond donors (Lipinski definition) is 0. The fourth-order valence-electron chi connectivity index (χ4n) is 1.57. The summed E-state index contributed by atoms with van der Waals surface area (Å²) >= 11 is 3.30. The van der Waals surface area contributed by atoms with Crippen molar-refractivity contribution in [2.75, 3.05) is 13.1 Å². The lowest BCUT2D eigenvalue weighted by atomic mass is 10.1. The van der Waals surface area contributed by atoms with Crippen LogP contribution in [0, 0.1) is 0 Å². The number of hydrogen-bond acceptors (Lipinski definition) is 4. The molecule has 0 bridgehead atoms. The third-order valence-electron chi connectivity index (χ3n) is 2.39. The maximum absolute atomic E-state index is 11.7. The molecule has 2 heterocycles. The normalized spacial score (nSPS) is 16.8. The molecule has 1 saturated heterocycles. The maximum Gasteiger partial charge on any atom is 0.410 e. The van der Waals surface area contributed by atoms with E-state index in [0.717, 1.165) is 0 Å². The van der Waals surface area contributed by atoms with Gasteiger partial charge in [0.25, 0.3) is 0 Å². The predicted molar refractivity (Wildman–Crippen MR) is 64.6 cm³/mol. The topological polar surface area (TPSA) is 60.2 Å². The summed E-state index contributed by atoms with van der Waals surface area (Å²) in [7, 11) is 0. The van der Waals surface area contributed by atoms with Gasteiger partial charge < -0.3 is 9.64 Å². The summed E-state index contributed by atoms with van der Waals surface area (Å²) < 4.78 is 7.72. The Kier molecular flexibility index (Phi) is 3.11. The average Bonchev–Trinajstić information content (AvgIpc) is 2.46. The van der Waals surface area contributed by atoms with E-state index in [2.05, 4.69) is 26.0 Å². The SMILES string of the molecule is CC(C)(C)OC(=O)N1CC(n2ncnc2Br)C1. The van der Waals surface area contributed by atoms with Crippen molar-refractivity contribution >= 4 is 22.0 Å². The van der Waals surface area contributed by atoms with Crippen molar-refractivity contribution in [2.24, 2.45) is 0 Å². The Bertz CT molecular complexity index is 420. The molecule has 0 spiro atoms. The Balaban J connectivity index is 1.87. The number of amides is 1. The van der Waals surface area contributed by atoms with Crippen LogP contribution in [-0.2, 0) is 4.74 Å². The number of halogens is 1. The first-order valence-corrected chi connectivity index (χ1v) is 6.19. The molecule has 17 heavy (non-hydrogen) atoms. The van der Waals surface area contributed by atoms with Crippen molar-refractivity contribution in [3.63, 3.8) is 0 Å². The zero-order valence-electron chi connectivity index (χ0n) is 10.1. The van der Waals surface area contributed by atoms with Gasteiger partial charge in [0.05, 0.1) is 6.04 Å². The van der Waals surface area contributed by atoms with Gasteiger partial charge in [0, 0.05) is 13.1 Å². The van der Waals surface area contributed by atoms with Crippen molar-refractivity contribution in [3.8, 4) is 0 Å². The molecular formula is C10H15BrN4O2. The highest BCUT2D eigenvalue weighted by molar-refractivity contribution is 9.10. The van der Waals surface area contributed by atoms with Gasteiger partial charge in [-0.15, -0.1) is 0 Å². The Labute approximate surface area is 108 Å². The number of likely N-dealkylation sites (tertiary alicyclic amines) is 1. The van der Waals surface area contributed by atoms with Gasteiger partial charge >= 0.3 is 6.09 Å². The molecule has 7 heteroatoms. The Morgan fingerprint density at radius 2 is 2.18 bits per heavy atom. The summed E-state index contributed by atoms with van der Waals surface area (Å²) in [6, 6.07) is 0.180. The number of carbonyl (C=O) groups is 1. The molecule has 0 atom stereocenters. The molecule has 0 radical (unpaired) electrons. The fraction of sp³-hybridized carbons (Fsp3) is 0.700. The van der Waals surface area contributed by atoms with Crippen LogP contribution in [0.5, 0.6) is 0 Å². The van der Waals surface area contributed by atoms with Gasteiger partial charge in [-0.05, 0) is 36.7 Å². The zero-order valence-corrected chi connectivity index (χ0v) is 11.6. The molecule has 0 saturated carbocycles. The number of ether oxygens (including phenoxy) is 1. The number of nitrogens with zero attached hydrogens (tertiary/aromatic N) is 4. The van der Waals surface area contributed by atoms with Crippen LogP contribution in [0.1, 0.15) is 26.8 Å². The van der Waals surface area contributed by atoms with Crippen molar-refractivity contribution in [2.45, 2.75) is 32.4 Å². The average molecular weight is 303 g/mol. The minimum absolute atomic E-state index is 0.180. The Morgan fingerprint density at radius 1 is 1.53 bits per heavy atom. The Morgan fingerprint density at radius 3 is 2.65 bits per heavy atom. The summed E-state index contributed by atoms with van der Waals surface area (Å²) in [5.41, 5.74) is -0.448. The van der Waals surface area contributed by atoms with E-state index in [0.29, 0.717) is 17.8 Å². The monoisotopic (exact) mass is 302 g/mol. The van der Waals surface area contributed by atoms with Crippen LogP contribution in [0.25, 0.3) is 0 Å². The zero-order chi connectivity index (χ0) is 12.6. The molecule has 94 valence electrons. The first-order chi connectivity index (χ1) is 7.87. The van der Waals surface area contributed by atoms with E-state index in [-0.39, 0.29) is 12.1 Å². The second-order valence-corrected chi connectivity index (χ2v) is 5.72. The van der Waals surface area contributed by atoms with Crippen molar-refractivity contribution in [3.05, 3.63) is 11.1 Å². The van der Waals surface area contributed by atoms with Gasteiger partial charge in [0.2, 0.25) is 0 Å². The van der Waals surface area contributed by atoms with E-state index < -0.39 is 5.60 Å². The van der Waals surface area contributed by atoms with Crippen LogP contribution < -0.4 is 0 Å². The van der Waals surface area contributed by atoms with Crippen LogP contribution in [0.3, 0.4) is 0 Å². The molecule has 0 unspecified atom stereocenters. The van der Waals surface area contributed by atoms with Crippen LogP contribution in [0.2, 0.25) is 0 Å². The number of rotatable bonds is 1. The molecule has 1 aromatic heterocycles. The fourth-order valence-corrected chi connectivity index (χ4v) is 2.04. The summed E-state index contributed by atoms with van der Waals surface area (Å²) in [6.45, 7) is 6.79. The highest BCUT2D eigenvalue weighted by Gasteiger charge is 2.35. The van der Waals surface area contributed by atoms with E-state index in [9.17, 15) is 4.79 Å². The minimum Gasteiger partial charge on any atom is -0.444 e. The molecule has 1 fully saturated rings.